The summed E-state index contributed by atoms with van der Waals surface area (Å²) < 4.78 is 4.99. The molecule has 2 N–H and O–H groups in total. The summed E-state index contributed by atoms with van der Waals surface area (Å²) in [6, 6.07) is 2.55. The minimum atomic E-state index is 0.228. The van der Waals surface area contributed by atoms with Crippen molar-refractivity contribution in [3.8, 4) is 0 Å². The molecule has 0 aliphatic rings. The fraction of sp³-hybridized carbons (Fsp3) is 0.600. The number of nitrogens with one attached hydrogen (secondary N) is 1. The molecular weight excluding hydrogens is 166 g/mol. The Kier molecular flexibility index (Phi) is 3.99. The zero-order valence-corrected chi connectivity index (χ0v) is 8.16. The molecule has 1 heterocycles. The van der Waals surface area contributed by atoms with Gasteiger partial charge < -0.3 is 14.8 Å². The summed E-state index contributed by atoms with van der Waals surface area (Å²) in [6.45, 7) is 4.37. The predicted octanol–water partition coefficient (Wildman–Crippen LogP) is 1.70. The first-order chi connectivity index (χ1) is 6.24. The summed E-state index contributed by atoms with van der Waals surface area (Å²) in [5, 5.41) is 12.1. The average Bonchev–Trinajstić information content (AvgIpc) is 2.55. The van der Waals surface area contributed by atoms with E-state index >= 15 is 0 Å². The van der Waals surface area contributed by atoms with Crippen LogP contribution in [0.25, 0.3) is 0 Å². The molecule has 13 heavy (non-hydrogen) atoms. The van der Waals surface area contributed by atoms with Gasteiger partial charge in [-0.3, -0.25) is 0 Å². The third-order valence-corrected chi connectivity index (χ3v) is 2.14. The molecule has 3 nitrogen and oxygen atoms in total. The molecule has 2 unspecified atom stereocenters. The molecule has 0 radical (unpaired) electrons. The predicted molar refractivity (Wildman–Crippen MR) is 51.4 cm³/mol. The Morgan fingerprint density at radius 3 is 2.85 bits per heavy atom. The minimum Gasteiger partial charge on any atom is -0.472 e. The topological polar surface area (TPSA) is 45.4 Å². The summed E-state index contributed by atoms with van der Waals surface area (Å²) >= 11 is 0. The lowest BCUT2D eigenvalue weighted by molar-refractivity contribution is 0.264. The number of aliphatic hydroxyl groups is 1. The van der Waals surface area contributed by atoms with E-state index in [1.54, 1.807) is 12.5 Å². The normalized spacial score (nSPS) is 15.6. The smallest absolute Gasteiger partial charge is 0.0950 e. The molecule has 0 aliphatic heterocycles. The van der Waals surface area contributed by atoms with Crippen LogP contribution in [0.5, 0.6) is 0 Å². The van der Waals surface area contributed by atoms with Crippen LogP contribution in [0.15, 0.2) is 23.0 Å². The molecule has 2 atom stereocenters. The molecule has 0 bridgehead atoms. The van der Waals surface area contributed by atoms with Crippen molar-refractivity contribution >= 4 is 0 Å². The quantitative estimate of drug-likeness (QED) is 0.730. The molecule has 1 aromatic heterocycles. The highest BCUT2D eigenvalue weighted by molar-refractivity contribution is 5.10. The summed E-state index contributed by atoms with van der Waals surface area (Å²) in [5.74, 6) is 0. The van der Waals surface area contributed by atoms with Crippen LogP contribution >= 0.6 is 0 Å². The van der Waals surface area contributed by atoms with Gasteiger partial charge in [-0.15, -0.1) is 0 Å². The van der Waals surface area contributed by atoms with Gasteiger partial charge in [-0.1, -0.05) is 0 Å². The van der Waals surface area contributed by atoms with Crippen LogP contribution < -0.4 is 5.32 Å². The molecule has 0 fully saturated rings. The molecule has 3 heteroatoms. The van der Waals surface area contributed by atoms with Crippen molar-refractivity contribution in [2.75, 3.05) is 6.61 Å². The van der Waals surface area contributed by atoms with Crippen molar-refractivity contribution < 1.29 is 9.52 Å². The highest BCUT2D eigenvalue weighted by Gasteiger charge is 2.09. The molecule has 0 aromatic carbocycles. The van der Waals surface area contributed by atoms with E-state index in [-0.39, 0.29) is 12.6 Å². The third-order valence-electron chi connectivity index (χ3n) is 2.14. The third kappa shape index (κ3) is 3.20. The summed E-state index contributed by atoms with van der Waals surface area (Å²) in [4.78, 5) is 0. The van der Waals surface area contributed by atoms with Crippen molar-refractivity contribution in [1.82, 2.24) is 5.32 Å². The monoisotopic (exact) mass is 183 g/mol. The van der Waals surface area contributed by atoms with Crippen LogP contribution in [0, 0.1) is 0 Å². The molecule has 1 aromatic rings. The fourth-order valence-electron chi connectivity index (χ4n) is 1.32. The average molecular weight is 183 g/mol. The molecule has 0 amide bonds. The van der Waals surface area contributed by atoms with Crippen LogP contribution in [-0.4, -0.2) is 17.8 Å². The van der Waals surface area contributed by atoms with Crippen LogP contribution in [0.2, 0.25) is 0 Å². The lowest BCUT2D eigenvalue weighted by atomic mass is 10.1. The Morgan fingerprint density at radius 1 is 1.54 bits per heavy atom. The Labute approximate surface area is 78.8 Å². The van der Waals surface area contributed by atoms with E-state index in [4.69, 9.17) is 9.52 Å². The standard InChI is InChI=1S/C10H17NO2/c1-8(3-5-12)11-9(2)10-4-6-13-7-10/h4,6-9,11-12H,3,5H2,1-2H3. The summed E-state index contributed by atoms with van der Waals surface area (Å²) in [6.07, 6.45) is 4.19. The first kappa shape index (κ1) is 10.3. The molecule has 0 saturated carbocycles. The van der Waals surface area contributed by atoms with Gasteiger partial charge in [0.15, 0.2) is 0 Å². The van der Waals surface area contributed by atoms with Gasteiger partial charge in [-0.05, 0) is 26.3 Å². The van der Waals surface area contributed by atoms with E-state index in [0.717, 1.165) is 12.0 Å². The maximum atomic E-state index is 8.72. The van der Waals surface area contributed by atoms with Gasteiger partial charge in [-0.25, -0.2) is 0 Å². The fourth-order valence-corrected chi connectivity index (χ4v) is 1.32. The number of aliphatic hydroxyl groups excluding tert-OH is 1. The second-order valence-electron chi connectivity index (χ2n) is 3.36. The van der Waals surface area contributed by atoms with Gasteiger partial charge in [0.1, 0.15) is 0 Å². The summed E-state index contributed by atoms with van der Waals surface area (Å²) in [5.41, 5.74) is 1.14. The molecule has 0 spiro atoms. The minimum absolute atomic E-state index is 0.228. The van der Waals surface area contributed by atoms with E-state index in [2.05, 4.69) is 19.2 Å². The van der Waals surface area contributed by atoms with E-state index in [9.17, 15) is 0 Å². The maximum absolute atomic E-state index is 8.72. The van der Waals surface area contributed by atoms with Crippen molar-refractivity contribution in [3.05, 3.63) is 24.2 Å². The van der Waals surface area contributed by atoms with Crippen LogP contribution in [0.1, 0.15) is 31.9 Å². The molecule has 74 valence electrons. The highest BCUT2D eigenvalue weighted by Crippen LogP contribution is 2.13. The first-order valence-electron chi connectivity index (χ1n) is 4.63. The van der Waals surface area contributed by atoms with Gasteiger partial charge in [0, 0.05) is 24.3 Å². The Bertz CT molecular complexity index is 221. The van der Waals surface area contributed by atoms with Gasteiger partial charge in [0.25, 0.3) is 0 Å². The number of hydrogen-bond donors (Lipinski definition) is 2. The van der Waals surface area contributed by atoms with Crippen molar-refractivity contribution in [1.29, 1.82) is 0 Å². The first-order valence-corrected chi connectivity index (χ1v) is 4.63. The van der Waals surface area contributed by atoms with Crippen molar-refractivity contribution in [2.45, 2.75) is 32.4 Å². The zero-order chi connectivity index (χ0) is 9.68. The Balaban J connectivity index is 2.37. The van der Waals surface area contributed by atoms with E-state index in [0.29, 0.717) is 6.04 Å². The molecular formula is C10H17NO2. The van der Waals surface area contributed by atoms with Crippen LogP contribution in [0.4, 0.5) is 0 Å². The molecule has 1 rings (SSSR count). The Hall–Kier alpha value is -0.800. The number of rotatable bonds is 5. The molecule has 0 aliphatic carbocycles. The van der Waals surface area contributed by atoms with Crippen LogP contribution in [-0.2, 0) is 0 Å². The van der Waals surface area contributed by atoms with Gasteiger partial charge in [-0.2, -0.15) is 0 Å². The SMILES string of the molecule is CC(CCO)NC(C)c1ccoc1. The van der Waals surface area contributed by atoms with Gasteiger partial charge in [0.05, 0.1) is 12.5 Å². The second kappa shape index (κ2) is 5.04. The van der Waals surface area contributed by atoms with E-state index in [1.165, 1.54) is 0 Å². The molecule has 0 saturated heterocycles. The summed E-state index contributed by atoms with van der Waals surface area (Å²) in [7, 11) is 0. The number of furan rings is 1. The van der Waals surface area contributed by atoms with Crippen molar-refractivity contribution in [2.24, 2.45) is 0 Å². The van der Waals surface area contributed by atoms with E-state index in [1.807, 2.05) is 6.07 Å². The Morgan fingerprint density at radius 2 is 2.31 bits per heavy atom. The van der Waals surface area contributed by atoms with Crippen molar-refractivity contribution in [3.63, 3.8) is 0 Å². The van der Waals surface area contributed by atoms with Crippen LogP contribution in [0.3, 0.4) is 0 Å². The number of hydrogen-bond acceptors (Lipinski definition) is 3. The van der Waals surface area contributed by atoms with Gasteiger partial charge in [0.2, 0.25) is 0 Å². The van der Waals surface area contributed by atoms with E-state index < -0.39 is 0 Å². The maximum Gasteiger partial charge on any atom is 0.0950 e. The lowest BCUT2D eigenvalue weighted by Crippen LogP contribution is -2.29. The van der Waals surface area contributed by atoms with Gasteiger partial charge >= 0.3 is 0 Å². The lowest BCUT2D eigenvalue weighted by Gasteiger charge is -2.17. The zero-order valence-electron chi connectivity index (χ0n) is 8.16. The highest BCUT2D eigenvalue weighted by atomic mass is 16.3. The largest absolute Gasteiger partial charge is 0.472 e. The second-order valence-corrected chi connectivity index (χ2v) is 3.36.